The first-order valence-corrected chi connectivity index (χ1v) is 4.55. The number of fused-ring (bicyclic) bond motifs is 1. The molecule has 0 radical (unpaired) electrons. The highest BCUT2D eigenvalue weighted by atomic mass is 16.3. The number of hydrogen-bond acceptors (Lipinski definition) is 1. The van der Waals surface area contributed by atoms with E-state index in [9.17, 15) is 0 Å². The summed E-state index contributed by atoms with van der Waals surface area (Å²) in [7, 11) is 0. The van der Waals surface area contributed by atoms with Crippen LogP contribution in [0.1, 0.15) is 4.11 Å². The molecular weight excluding hydrogens is 188 g/mol. The lowest BCUT2D eigenvalue weighted by Crippen LogP contribution is -2.24. The fourth-order valence-corrected chi connectivity index (χ4v) is 1.60. The van der Waals surface area contributed by atoms with Gasteiger partial charge in [0.15, 0.2) is 0 Å². The average molecular weight is 201 g/mol. The SMILES string of the molecule is [2H]C([2H])([2H])[n+]1[c-]n(-c2coc3ccccc23)cc1. The van der Waals surface area contributed by atoms with Crippen molar-refractivity contribution in [2.24, 2.45) is 6.98 Å². The second-order valence-corrected chi connectivity index (χ2v) is 3.26. The van der Waals surface area contributed by atoms with Gasteiger partial charge in [0.25, 0.3) is 0 Å². The van der Waals surface area contributed by atoms with Crippen molar-refractivity contribution in [3.8, 4) is 5.69 Å². The Morgan fingerprint density at radius 2 is 2.40 bits per heavy atom. The highest BCUT2D eigenvalue weighted by Crippen LogP contribution is 2.23. The van der Waals surface area contributed by atoms with Crippen LogP contribution >= 0.6 is 0 Å². The fraction of sp³-hybridized carbons (Fsp3) is 0.0833. The molecule has 0 aliphatic rings. The van der Waals surface area contributed by atoms with Crippen LogP contribution in [-0.2, 0) is 6.98 Å². The van der Waals surface area contributed by atoms with Gasteiger partial charge < -0.3 is 13.6 Å². The molecule has 0 atom stereocenters. The number of aryl methyl sites for hydroxylation is 1. The smallest absolute Gasteiger partial charge is 0.243 e. The minimum absolute atomic E-state index is 0.759. The monoisotopic (exact) mass is 201 g/mol. The summed E-state index contributed by atoms with van der Waals surface area (Å²) < 4.78 is 30.0. The average Bonchev–Trinajstić information content (AvgIpc) is 2.94. The number of imidazole rings is 1. The van der Waals surface area contributed by atoms with Crippen LogP contribution in [0.4, 0.5) is 0 Å². The molecule has 3 rings (SSSR count). The molecule has 0 amide bonds. The molecule has 0 aliphatic carbocycles. The maximum absolute atomic E-state index is 7.30. The highest BCUT2D eigenvalue weighted by Gasteiger charge is 2.05. The fourth-order valence-electron chi connectivity index (χ4n) is 1.60. The van der Waals surface area contributed by atoms with E-state index in [4.69, 9.17) is 8.53 Å². The quantitative estimate of drug-likeness (QED) is 0.435. The van der Waals surface area contributed by atoms with Gasteiger partial charge in [-0.25, -0.2) is 0 Å². The van der Waals surface area contributed by atoms with E-state index in [1.165, 1.54) is 6.20 Å². The van der Waals surface area contributed by atoms with Crippen molar-refractivity contribution in [2.75, 3.05) is 0 Å². The molecule has 3 aromatic rings. The summed E-state index contributed by atoms with van der Waals surface area (Å²) in [6, 6.07) is 7.57. The maximum Gasteiger partial charge on any atom is 0.243 e. The molecule has 1 aromatic carbocycles. The Kier molecular flexibility index (Phi) is 1.14. The van der Waals surface area contributed by atoms with Crippen molar-refractivity contribution in [1.82, 2.24) is 4.57 Å². The van der Waals surface area contributed by atoms with Gasteiger partial charge in [-0.15, -0.1) is 0 Å². The summed E-state index contributed by atoms with van der Waals surface area (Å²) in [6.07, 6.45) is 7.46. The van der Waals surface area contributed by atoms with Crippen LogP contribution < -0.4 is 4.57 Å². The Morgan fingerprint density at radius 1 is 1.47 bits per heavy atom. The van der Waals surface area contributed by atoms with Crippen molar-refractivity contribution in [3.63, 3.8) is 0 Å². The first kappa shape index (κ1) is 5.75. The van der Waals surface area contributed by atoms with Crippen LogP contribution in [0.25, 0.3) is 16.7 Å². The Balaban J connectivity index is 2.13. The normalized spacial score (nSPS) is 14.8. The first-order valence-electron chi connectivity index (χ1n) is 6.05. The minimum atomic E-state index is -2.22. The molecule has 0 saturated carbocycles. The number of benzene rings is 1. The topological polar surface area (TPSA) is 21.9 Å². The molecule has 3 heteroatoms. The van der Waals surface area contributed by atoms with Crippen LogP contribution in [0.15, 0.2) is 47.3 Å². The summed E-state index contributed by atoms with van der Waals surface area (Å²) in [5.41, 5.74) is 1.53. The van der Waals surface area contributed by atoms with E-state index in [0.29, 0.717) is 0 Å². The number of aromatic nitrogens is 2. The molecule has 0 aliphatic heterocycles. The Hall–Kier alpha value is -2.03. The van der Waals surface area contributed by atoms with Crippen LogP contribution in [-0.4, -0.2) is 4.57 Å². The summed E-state index contributed by atoms with van der Waals surface area (Å²) in [6.45, 7) is -2.22. The van der Waals surface area contributed by atoms with Gasteiger partial charge in [-0.05, 0) is 6.07 Å². The van der Waals surface area contributed by atoms with Gasteiger partial charge in [0, 0.05) is 17.8 Å². The molecule has 15 heavy (non-hydrogen) atoms. The Morgan fingerprint density at radius 3 is 3.27 bits per heavy atom. The molecule has 3 nitrogen and oxygen atoms in total. The van der Waals surface area contributed by atoms with Gasteiger partial charge in [0.05, 0.1) is 23.0 Å². The van der Waals surface area contributed by atoms with E-state index in [1.807, 2.05) is 24.3 Å². The molecule has 2 heterocycles. The van der Waals surface area contributed by atoms with E-state index >= 15 is 0 Å². The number of furan rings is 1. The third kappa shape index (κ3) is 1.24. The standard InChI is InChI=1S/C12H10N2O/c1-13-6-7-14(9-13)11-8-15-12-5-3-2-4-10(11)12/h2-8H,1H3/i1D3. The summed E-state index contributed by atoms with van der Waals surface area (Å²) in [4.78, 5) is 0. The maximum atomic E-state index is 7.30. The Labute approximate surface area is 91.4 Å². The van der Waals surface area contributed by atoms with E-state index in [1.54, 1.807) is 17.0 Å². The van der Waals surface area contributed by atoms with E-state index < -0.39 is 6.98 Å². The molecule has 0 saturated heterocycles. The van der Waals surface area contributed by atoms with Gasteiger partial charge in [0.1, 0.15) is 5.58 Å². The molecule has 0 N–H and O–H groups in total. The second kappa shape index (κ2) is 2.98. The molecule has 0 unspecified atom stereocenters. The third-order valence-corrected chi connectivity index (χ3v) is 2.30. The van der Waals surface area contributed by atoms with Crippen LogP contribution in [0.2, 0.25) is 0 Å². The number of rotatable bonds is 1. The summed E-state index contributed by atoms with van der Waals surface area (Å²) in [5.74, 6) is 0. The molecule has 2 aromatic heterocycles. The minimum Gasteiger partial charge on any atom is -0.470 e. The molecular formula is C12H10N2O. The lowest BCUT2D eigenvalue weighted by Gasteiger charge is -1.96. The number of para-hydroxylation sites is 1. The lowest BCUT2D eigenvalue weighted by molar-refractivity contribution is -0.674. The molecule has 0 fully saturated rings. The van der Waals surface area contributed by atoms with E-state index in [2.05, 4.69) is 6.33 Å². The Bertz CT molecular complexity index is 696. The summed E-state index contributed by atoms with van der Waals surface area (Å²) in [5, 5.41) is 0.919. The second-order valence-electron chi connectivity index (χ2n) is 3.26. The van der Waals surface area contributed by atoms with Crippen molar-refractivity contribution in [2.45, 2.75) is 0 Å². The molecule has 0 spiro atoms. The van der Waals surface area contributed by atoms with Crippen molar-refractivity contribution in [1.29, 1.82) is 0 Å². The molecule has 74 valence electrons. The third-order valence-electron chi connectivity index (χ3n) is 2.30. The van der Waals surface area contributed by atoms with E-state index in [-0.39, 0.29) is 0 Å². The predicted octanol–water partition coefficient (Wildman–Crippen LogP) is 1.85. The zero-order chi connectivity index (χ0) is 12.8. The summed E-state index contributed by atoms with van der Waals surface area (Å²) >= 11 is 0. The van der Waals surface area contributed by atoms with Crippen LogP contribution in [0, 0.1) is 6.33 Å². The van der Waals surface area contributed by atoms with E-state index in [0.717, 1.165) is 21.2 Å². The van der Waals surface area contributed by atoms with Crippen molar-refractivity contribution in [3.05, 3.63) is 49.2 Å². The van der Waals surface area contributed by atoms with Crippen molar-refractivity contribution >= 4 is 11.0 Å². The van der Waals surface area contributed by atoms with Crippen molar-refractivity contribution < 1.29 is 13.1 Å². The largest absolute Gasteiger partial charge is 0.470 e. The van der Waals surface area contributed by atoms with Gasteiger partial charge >= 0.3 is 0 Å². The van der Waals surface area contributed by atoms with Gasteiger partial charge in [0.2, 0.25) is 6.33 Å². The molecule has 0 bridgehead atoms. The highest BCUT2D eigenvalue weighted by molar-refractivity contribution is 5.85. The first-order chi connectivity index (χ1) is 8.55. The van der Waals surface area contributed by atoms with Crippen LogP contribution in [0.3, 0.4) is 0 Å². The van der Waals surface area contributed by atoms with Gasteiger partial charge in [-0.2, -0.15) is 0 Å². The number of hydrogen-bond donors (Lipinski definition) is 0. The number of nitrogens with zero attached hydrogens (tertiary/aromatic N) is 2. The van der Waals surface area contributed by atoms with Gasteiger partial charge in [-0.3, -0.25) is 0 Å². The zero-order valence-corrected chi connectivity index (χ0v) is 7.84. The van der Waals surface area contributed by atoms with Gasteiger partial charge in [-0.1, -0.05) is 18.2 Å². The predicted molar refractivity (Wildman–Crippen MR) is 55.6 cm³/mol. The lowest BCUT2D eigenvalue weighted by atomic mass is 10.2. The van der Waals surface area contributed by atoms with Crippen LogP contribution in [0.5, 0.6) is 0 Å². The zero-order valence-electron chi connectivity index (χ0n) is 10.8.